The number of hydrogen-bond acceptors (Lipinski definition) is 0. The first kappa shape index (κ1) is 19.6. The predicted molar refractivity (Wildman–Crippen MR) is 143 cm³/mol. The summed E-state index contributed by atoms with van der Waals surface area (Å²) in [6.45, 7) is 0. The van der Waals surface area contributed by atoms with Gasteiger partial charge in [0.2, 0.25) is 0 Å². The number of allylic oxidation sites excluding steroid dienone is 1. The van der Waals surface area contributed by atoms with Crippen molar-refractivity contribution in [3.63, 3.8) is 0 Å². The molecule has 162 valence electrons. The van der Waals surface area contributed by atoms with Gasteiger partial charge in [-0.2, -0.15) is 0 Å². The summed E-state index contributed by atoms with van der Waals surface area (Å²) < 4.78 is 0. The van der Waals surface area contributed by atoms with E-state index >= 15 is 0 Å². The van der Waals surface area contributed by atoms with Gasteiger partial charge in [-0.1, -0.05) is 115 Å². The zero-order chi connectivity index (χ0) is 22.5. The molecule has 2 atom stereocenters. The van der Waals surface area contributed by atoms with Gasteiger partial charge in [-0.05, 0) is 74.2 Å². The van der Waals surface area contributed by atoms with E-state index in [9.17, 15) is 0 Å². The molecule has 0 aromatic heterocycles. The number of benzene rings is 5. The first-order valence-corrected chi connectivity index (χ1v) is 12.3. The molecule has 0 saturated carbocycles. The van der Waals surface area contributed by atoms with Crippen molar-refractivity contribution in [3.05, 3.63) is 149 Å². The van der Waals surface area contributed by atoms with Crippen LogP contribution in [0.5, 0.6) is 0 Å². The highest BCUT2D eigenvalue weighted by Crippen LogP contribution is 2.50. The van der Waals surface area contributed by atoms with E-state index in [0.717, 1.165) is 6.42 Å². The van der Waals surface area contributed by atoms with Crippen LogP contribution < -0.4 is 0 Å². The van der Waals surface area contributed by atoms with Crippen LogP contribution in [0.4, 0.5) is 0 Å². The van der Waals surface area contributed by atoms with E-state index in [1.165, 1.54) is 61.7 Å². The second-order valence-electron chi connectivity index (χ2n) is 9.59. The lowest BCUT2D eigenvalue weighted by molar-refractivity contribution is 0.780. The summed E-state index contributed by atoms with van der Waals surface area (Å²) >= 11 is 0. The van der Waals surface area contributed by atoms with E-state index in [2.05, 4.69) is 121 Å². The smallest absolute Gasteiger partial charge is 0.0288 e. The Labute approximate surface area is 201 Å². The molecular formula is C34H26. The second-order valence-corrected chi connectivity index (χ2v) is 9.59. The Bertz CT molecular complexity index is 1550. The molecule has 5 aromatic rings. The van der Waals surface area contributed by atoms with Gasteiger partial charge >= 0.3 is 0 Å². The Balaban J connectivity index is 1.59. The maximum Gasteiger partial charge on any atom is 0.0288 e. The molecule has 0 heterocycles. The Hall–Kier alpha value is -3.90. The van der Waals surface area contributed by atoms with Crippen molar-refractivity contribution in [1.82, 2.24) is 0 Å². The first-order chi connectivity index (χ1) is 16.9. The molecule has 34 heavy (non-hydrogen) atoms. The van der Waals surface area contributed by atoms with Gasteiger partial charge in [-0.25, -0.2) is 0 Å². The quantitative estimate of drug-likeness (QED) is 0.266. The highest BCUT2D eigenvalue weighted by Gasteiger charge is 2.32. The van der Waals surface area contributed by atoms with Crippen molar-refractivity contribution >= 4 is 16.8 Å². The summed E-state index contributed by atoms with van der Waals surface area (Å²) in [5, 5.41) is 2.73. The van der Waals surface area contributed by atoms with Gasteiger partial charge in [-0.3, -0.25) is 0 Å². The number of aryl methyl sites for hydroxylation is 1. The Kier molecular flexibility index (Phi) is 4.52. The molecule has 0 spiro atoms. The molecule has 0 nitrogen and oxygen atoms in total. The fraction of sp³-hybridized carbons (Fsp3) is 0.118. The maximum absolute atomic E-state index is 2.43. The molecule has 2 aliphatic carbocycles. The number of rotatable bonds is 3. The van der Waals surface area contributed by atoms with Crippen LogP contribution in [0.2, 0.25) is 0 Å². The van der Waals surface area contributed by atoms with Crippen molar-refractivity contribution in [2.75, 3.05) is 0 Å². The molecule has 0 heteroatoms. The van der Waals surface area contributed by atoms with Crippen molar-refractivity contribution < 1.29 is 0 Å². The highest BCUT2D eigenvalue weighted by atomic mass is 14.4. The van der Waals surface area contributed by atoms with Gasteiger partial charge < -0.3 is 0 Å². The molecule has 7 rings (SSSR count). The van der Waals surface area contributed by atoms with Crippen LogP contribution in [0.1, 0.15) is 51.6 Å². The van der Waals surface area contributed by atoms with Crippen LogP contribution >= 0.6 is 0 Å². The number of hydrogen-bond donors (Lipinski definition) is 0. The van der Waals surface area contributed by atoms with E-state index in [-0.39, 0.29) is 5.92 Å². The Morgan fingerprint density at radius 3 is 2.26 bits per heavy atom. The van der Waals surface area contributed by atoms with Gasteiger partial charge in [0.05, 0.1) is 0 Å². The summed E-state index contributed by atoms with van der Waals surface area (Å²) in [6.07, 6.45) is 7.07. The third kappa shape index (κ3) is 2.99. The summed E-state index contributed by atoms with van der Waals surface area (Å²) in [6, 6.07) is 40.4. The fourth-order valence-electron chi connectivity index (χ4n) is 6.32. The lowest BCUT2D eigenvalue weighted by Gasteiger charge is -2.27. The molecule has 0 saturated heterocycles. The average molecular weight is 435 g/mol. The van der Waals surface area contributed by atoms with Crippen LogP contribution in [0.15, 0.2) is 115 Å². The third-order valence-electron chi connectivity index (χ3n) is 7.81. The molecule has 2 aliphatic rings. The van der Waals surface area contributed by atoms with E-state index in [0.29, 0.717) is 5.92 Å². The second kappa shape index (κ2) is 7.85. The van der Waals surface area contributed by atoms with Crippen LogP contribution in [-0.4, -0.2) is 0 Å². The van der Waals surface area contributed by atoms with Crippen LogP contribution in [0.25, 0.3) is 28.0 Å². The molecule has 0 radical (unpaired) electrons. The first-order valence-electron chi connectivity index (χ1n) is 12.3. The zero-order valence-corrected chi connectivity index (χ0v) is 19.1. The SMILES string of the molecule is C1=CC(c2c(-c3ccccc3)cc3ccccc3c2C2CCc3ccccc32)c2ccccc21. The molecule has 0 bridgehead atoms. The standard InChI is InChI=1S/C34H26/c1-2-10-23(11-3-1)32-22-26-14-6-9-17-29(26)33(30-20-18-24-12-4-7-15-27(24)30)34(32)31-21-19-25-13-5-8-16-28(25)31/h1-17,19,21-22,30-31H,18,20H2. The minimum absolute atomic E-state index is 0.263. The van der Waals surface area contributed by atoms with Crippen LogP contribution in [0, 0.1) is 0 Å². The van der Waals surface area contributed by atoms with Crippen molar-refractivity contribution in [2.24, 2.45) is 0 Å². The molecule has 0 aliphatic heterocycles. The zero-order valence-electron chi connectivity index (χ0n) is 19.1. The largest absolute Gasteiger partial charge is 0.0720 e. The molecular weight excluding hydrogens is 408 g/mol. The normalized spacial score (nSPS) is 18.2. The summed E-state index contributed by atoms with van der Waals surface area (Å²) in [4.78, 5) is 0. The van der Waals surface area contributed by atoms with Gasteiger partial charge in [0.15, 0.2) is 0 Å². The maximum atomic E-state index is 2.43. The summed E-state index contributed by atoms with van der Waals surface area (Å²) in [5.41, 5.74) is 11.4. The molecule has 2 unspecified atom stereocenters. The van der Waals surface area contributed by atoms with Crippen LogP contribution in [-0.2, 0) is 6.42 Å². The predicted octanol–water partition coefficient (Wildman–Crippen LogP) is 8.74. The van der Waals surface area contributed by atoms with E-state index in [4.69, 9.17) is 0 Å². The van der Waals surface area contributed by atoms with Crippen molar-refractivity contribution in [1.29, 1.82) is 0 Å². The van der Waals surface area contributed by atoms with Gasteiger partial charge in [-0.15, -0.1) is 0 Å². The van der Waals surface area contributed by atoms with Crippen molar-refractivity contribution in [3.8, 4) is 11.1 Å². The number of fused-ring (bicyclic) bond motifs is 3. The van der Waals surface area contributed by atoms with Gasteiger partial charge in [0.1, 0.15) is 0 Å². The van der Waals surface area contributed by atoms with Crippen molar-refractivity contribution in [2.45, 2.75) is 24.7 Å². The Morgan fingerprint density at radius 2 is 1.35 bits per heavy atom. The molecule has 0 amide bonds. The molecule has 5 aromatic carbocycles. The summed E-state index contributed by atoms with van der Waals surface area (Å²) in [5.74, 6) is 0.680. The summed E-state index contributed by atoms with van der Waals surface area (Å²) in [7, 11) is 0. The van der Waals surface area contributed by atoms with E-state index in [1.807, 2.05) is 0 Å². The Morgan fingerprint density at radius 1 is 0.618 bits per heavy atom. The minimum atomic E-state index is 0.263. The molecule has 0 fully saturated rings. The topological polar surface area (TPSA) is 0 Å². The van der Waals surface area contributed by atoms with Crippen LogP contribution in [0.3, 0.4) is 0 Å². The minimum Gasteiger partial charge on any atom is -0.0720 e. The fourth-order valence-corrected chi connectivity index (χ4v) is 6.32. The average Bonchev–Trinajstić information content (AvgIpc) is 3.52. The van der Waals surface area contributed by atoms with Gasteiger partial charge in [0, 0.05) is 11.8 Å². The van der Waals surface area contributed by atoms with Gasteiger partial charge in [0.25, 0.3) is 0 Å². The lowest BCUT2D eigenvalue weighted by atomic mass is 9.76. The van der Waals surface area contributed by atoms with E-state index in [1.54, 1.807) is 0 Å². The lowest BCUT2D eigenvalue weighted by Crippen LogP contribution is -2.09. The molecule has 0 N–H and O–H groups in total. The third-order valence-corrected chi connectivity index (χ3v) is 7.81. The van der Waals surface area contributed by atoms with E-state index < -0.39 is 0 Å². The highest BCUT2D eigenvalue weighted by molar-refractivity contribution is 5.95. The monoisotopic (exact) mass is 434 g/mol.